The van der Waals surface area contributed by atoms with Gasteiger partial charge in [-0.25, -0.2) is 4.79 Å². The van der Waals surface area contributed by atoms with Crippen molar-refractivity contribution in [2.24, 2.45) is 5.92 Å². The maximum atomic E-state index is 13.0. The molecule has 0 fully saturated rings. The molecule has 2 bridgehead atoms. The molecule has 0 radical (unpaired) electrons. The molecule has 0 aromatic rings. The van der Waals surface area contributed by atoms with Gasteiger partial charge in [0.15, 0.2) is 8.32 Å². The Labute approximate surface area is 268 Å². The zero-order valence-electron chi connectivity index (χ0n) is 28.6. The molecule has 0 aromatic carbocycles. The summed E-state index contributed by atoms with van der Waals surface area (Å²) in [4.78, 5) is 13.0. The second kappa shape index (κ2) is 17.0. The Morgan fingerprint density at radius 1 is 1.07 bits per heavy atom. The van der Waals surface area contributed by atoms with Gasteiger partial charge in [0.1, 0.15) is 12.2 Å². The second-order valence-electron chi connectivity index (χ2n) is 14.4. The topological polar surface area (TPSA) is 63.2 Å². The van der Waals surface area contributed by atoms with Gasteiger partial charge >= 0.3 is 5.97 Å². The molecule has 0 amide bonds. The van der Waals surface area contributed by atoms with Crippen molar-refractivity contribution in [1.29, 1.82) is 0 Å². The number of hydrogen-bond acceptors (Lipinski definition) is 6. The van der Waals surface area contributed by atoms with Crippen molar-refractivity contribution in [3.05, 3.63) is 72.4 Å². The van der Waals surface area contributed by atoms with Crippen LogP contribution in [0.4, 0.5) is 0 Å². The van der Waals surface area contributed by atoms with E-state index in [0.29, 0.717) is 25.4 Å². The minimum Gasteiger partial charge on any atom is -0.456 e. The number of fused-ring (bicyclic) bond motifs is 2. The number of hydrogen-bond donors (Lipinski definition) is 0. The molecular weight excluding hydrogens is 568 g/mol. The molecule has 3 heterocycles. The third-order valence-electron chi connectivity index (χ3n) is 9.19. The van der Waals surface area contributed by atoms with Crippen LogP contribution in [0.1, 0.15) is 79.6 Å². The Balaban J connectivity index is 1.87. The van der Waals surface area contributed by atoms with E-state index in [0.717, 1.165) is 32.1 Å². The lowest BCUT2D eigenvalue weighted by Gasteiger charge is -2.39. The van der Waals surface area contributed by atoms with Crippen LogP contribution < -0.4 is 0 Å². The third-order valence-corrected chi connectivity index (χ3v) is 13.7. The van der Waals surface area contributed by atoms with Crippen molar-refractivity contribution < 1.29 is 28.2 Å². The van der Waals surface area contributed by atoms with Crippen molar-refractivity contribution in [2.75, 3.05) is 13.7 Å². The van der Waals surface area contributed by atoms with Crippen molar-refractivity contribution >= 4 is 14.3 Å². The molecule has 7 atom stereocenters. The van der Waals surface area contributed by atoms with E-state index >= 15 is 0 Å². The first-order valence-electron chi connectivity index (χ1n) is 16.4. The molecule has 0 spiro atoms. The maximum absolute atomic E-state index is 13.0. The molecule has 0 saturated carbocycles. The Morgan fingerprint density at radius 3 is 2.52 bits per heavy atom. The highest BCUT2D eigenvalue weighted by atomic mass is 28.4. The van der Waals surface area contributed by atoms with Crippen molar-refractivity contribution in [1.82, 2.24) is 0 Å². The number of cyclic esters (lactones) is 1. The number of esters is 1. The van der Waals surface area contributed by atoms with Crippen LogP contribution in [0, 0.1) is 5.92 Å². The summed E-state index contributed by atoms with van der Waals surface area (Å²) in [6, 6.07) is 0. The second-order valence-corrected chi connectivity index (χ2v) is 19.1. The fourth-order valence-corrected chi connectivity index (χ4v) is 6.97. The summed E-state index contributed by atoms with van der Waals surface area (Å²) in [5.74, 6) is 0.0627. The smallest absolute Gasteiger partial charge is 0.330 e. The number of carbonyl (C=O) groups excluding carboxylic acids is 1. The molecule has 246 valence electrons. The summed E-state index contributed by atoms with van der Waals surface area (Å²) in [5, 5.41) is 0.0783. The van der Waals surface area contributed by atoms with Crippen molar-refractivity contribution in [3.8, 4) is 0 Å². The van der Waals surface area contributed by atoms with E-state index in [9.17, 15) is 4.79 Å². The number of ether oxygens (including phenoxy) is 4. The van der Waals surface area contributed by atoms with E-state index in [-0.39, 0.29) is 35.4 Å². The lowest BCUT2D eigenvalue weighted by molar-refractivity contribution is -0.148. The lowest BCUT2D eigenvalue weighted by atomic mass is 9.91. The van der Waals surface area contributed by atoms with Gasteiger partial charge in [-0.15, -0.1) is 0 Å². The average Bonchev–Trinajstić information content (AvgIpc) is 2.92. The highest BCUT2D eigenvalue weighted by molar-refractivity contribution is 6.74. The first-order valence-corrected chi connectivity index (χ1v) is 19.3. The predicted octanol–water partition coefficient (Wildman–Crippen LogP) is 8.58. The van der Waals surface area contributed by atoms with E-state index in [1.807, 2.05) is 18.2 Å². The minimum absolute atomic E-state index is 0.0221. The largest absolute Gasteiger partial charge is 0.456 e. The minimum atomic E-state index is -2.05. The zero-order valence-corrected chi connectivity index (χ0v) is 29.6. The van der Waals surface area contributed by atoms with Crippen LogP contribution in [-0.2, 0) is 28.2 Å². The number of rotatable bonds is 6. The molecule has 7 heteroatoms. The van der Waals surface area contributed by atoms with Crippen LogP contribution in [0.15, 0.2) is 72.4 Å². The van der Waals surface area contributed by atoms with E-state index < -0.39 is 20.5 Å². The fraction of sp³-hybridized carbons (Fsp3) is 0.649. The van der Waals surface area contributed by atoms with E-state index in [1.165, 1.54) is 17.2 Å². The summed E-state index contributed by atoms with van der Waals surface area (Å²) < 4.78 is 31.1. The number of methoxy groups -OCH3 is 1. The van der Waals surface area contributed by atoms with Gasteiger partial charge < -0.3 is 23.4 Å². The molecule has 3 aliphatic rings. The third kappa shape index (κ3) is 12.0. The summed E-state index contributed by atoms with van der Waals surface area (Å²) in [5.41, 5.74) is 2.50. The Bertz CT molecular complexity index is 1090. The van der Waals surface area contributed by atoms with E-state index in [1.54, 1.807) is 7.11 Å². The molecule has 0 aliphatic carbocycles. The molecule has 6 nitrogen and oxygen atoms in total. The van der Waals surface area contributed by atoms with Gasteiger partial charge in [0.25, 0.3) is 0 Å². The normalized spacial score (nSPS) is 32.3. The highest BCUT2D eigenvalue weighted by Crippen LogP contribution is 2.38. The molecule has 44 heavy (non-hydrogen) atoms. The van der Waals surface area contributed by atoms with Gasteiger partial charge in [-0.3, -0.25) is 0 Å². The first kappa shape index (κ1) is 36.4. The van der Waals surface area contributed by atoms with Crippen molar-refractivity contribution in [3.63, 3.8) is 0 Å². The van der Waals surface area contributed by atoms with Crippen LogP contribution in [0.2, 0.25) is 18.1 Å². The average molecular weight is 627 g/mol. The molecule has 0 saturated heterocycles. The van der Waals surface area contributed by atoms with Crippen molar-refractivity contribution in [2.45, 2.75) is 134 Å². The Morgan fingerprint density at radius 2 is 1.82 bits per heavy atom. The molecule has 0 aromatic heterocycles. The molecule has 3 aliphatic heterocycles. The van der Waals surface area contributed by atoms with Crippen LogP contribution in [-0.4, -0.2) is 64.6 Å². The van der Waals surface area contributed by atoms with Crippen LogP contribution >= 0.6 is 0 Å². The number of carbonyl (C=O) groups is 1. The monoisotopic (exact) mass is 626 g/mol. The first-order chi connectivity index (χ1) is 20.8. The summed E-state index contributed by atoms with van der Waals surface area (Å²) in [6.45, 7) is 20.8. The van der Waals surface area contributed by atoms with Gasteiger partial charge in [0.05, 0.1) is 31.0 Å². The fourth-order valence-electron chi connectivity index (χ4n) is 5.70. The molecular formula is C37H58O6Si. The zero-order chi connectivity index (χ0) is 32.3. The van der Waals surface area contributed by atoms with Gasteiger partial charge in [-0.1, -0.05) is 94.0 Å². The quantitative estimate of drug-likeness (QED) is 0.167. The predicted molar refractivity (Wildman–Crippen MR) is 182 cm³/mol. The van der Waals surface area contributed by atoms with E-state index in [4.69, 9.17) is 23.4 Å². The molecule has 1 unspecified atom stereocenters. The van der Waals surface area contributed by atoms with Crippen LogP contribution in [0.25, 0.3) is 0 Å². The van der Waals surface area contributed by atoms with Gasteiger partial charge in [-0.05, 0) is 69.5 Å². The summed E-state index contributed by atoms with van der Waals surface area (Å²) >= 11 is 0. The maximum Gasteiger partial charge on any atom is 0.330 e. The highest BCUT2D eigenvalue weighted by Gasteiger charge is 2.39. The van der Waals surface area contributed by atoms with Crippen LogP contribution in [0.3, 0.4) is 0 Å². The van der Waals surface area contributed by atoms with Gasteiger partial charge in [0.2, 0.25) is 0 Å². The van der Waals surface area contributed by atoms with Crippen LogP contribution in [0.5, 0.6) is 0 Å². The SMILES string of the molecule is C=C1CC(O[Si](C)(C)C(C)(C)C)/C=C/C[C@@H]([C@H](/C=C/[C@@H]2CC(C)=CCO2)OC)OC(=O)/C=C\C[C@@H]2C=CC[C@@H](C[C@@H](C)C1)O2. The molecule has 3 rings (SSSR count). The Kier molecular flexibility index (Phi) is 14.1. The van der Waals surface area contributed by atoms with Gasteiger partial charge in [0, 0.05) is 19.6 Å². The van der Waals surface area contributed by atoms with E-state index in [2.05, 4.69) is 84.7 Å². The molecule has 0 N–H and O–H groups in total. The standard InChI is InChI=1S/C37H58O6Si/c1-27-21-22-40-31(24-27)19-20-34(39-7)35-17-11-16-33(43-44(8,9)37(4,5)6)26-29(3)23-28(2)25-32-15-10-13-30(41-32)14-12-18-36(38)42-35/h10-13,16,18-21,28,30-35H,3,14-15,17,22-26H2,1-2,4-9H3/b16-11+,18-12-,20-19+/t28-,30-,31+,32-,33?,34-,35-/m0/s1. The summed E-state index contributed by atoms with van der Waals surface area (Å²) in [6.07, 6.45) is 22.6. The van der Waals surface area contributed by atoms with Gasteiger partial charge in [-0.2, -0.15) is 0 Å². The summed E-state index contributed by atoms with van der Waals surface area (Å²) in [7, 11) is -0.403. The lowest BCUT2D eigenvalue weighted by Crippen LogP contribution is -2.43. The Hall–Kier alpha value is -2.03.